The van der Waals surface area contributed by atoms with Gasteiger partial charge in [0.15, 0.2) is 0 Å². The molecule has 0 aliphatic carbocycles. The van der Waals surface area contributed by atoms with Crippen LogP contribution in [-0.4, -0.2) is 18.8 Å². The molecule has 0 bridgehead atoms. The Bertz CT molecular complexity index is 319. The quantitative estimate of drug-likeness (QED) is 0.844. The van der Waals surface area contributed by atoms with Gasteiger partial charge in [0.25, 0.3) is 0 Å². The van der Waals surface area contributed by atoms with E-state index < -0.39 is 0 Å². The summed E-state index contributed by atoms with van der Waals surface area (Å²) in [7, 11) is 0. The zero-order valence-corrected chi connectivity index (χ0v) is 10.2. The summed E-state index contributed by atoms with van der Waals surface area (Å²) in [5.41, 5.74) is 1.49. The van der Waals surface area contributed by atoms with Gasteiger partial charge in [-0.2, -0.15) is 0 Å². The van der Waals surface area contributed by atoms with E-state index in [4.69, 9.17) is 4.74 Å². The van der Waals surface area contributed by atoms with E-state index >= 15 is 0 Å². The van der Waals surface area contributed by atoms with Crippen molar-refractivity contribution in [1.82, 2.24) is 5.32 Å². The molecular formula is C14H21NO. The van der Waals surface area contributed by atoms with E-state index in [2.05, 4.69) is 49.5 Å². The molecule has 16 heavy (non-hydrogen) atoms. The molecule has 0 amide bonds. The van der Waals surface area contributed by atoms with Crippen LogP contribution in [0.2, 0.25) is 0 Å². The van der Waals surface area contributed by atoms with Crippen LogP contribution in [0.1, 0.15) is 38.3 Å². The summed E-state index contributed by atoms with van der Waals surface area (Å²) in [5, 5.41) is 3.76. The number of hydrogen-bond acceptors (Lipinski definition) is 2. The Morgan fingerprint density at radius 2 is 1.94 bits per heavy atom. The maximum atomic E-state index is 5.77. The molecule has 1 unspecified atom stereocenters. The summed E-state index contributed by atoms with van der Waals surface area (Å²) < 4.78 is 5.77. The zero-order valence-electron chi connectivity index (χ0n) is 10.2. The van der Waals surface area contributed by atoms with Crippen LogP contribution in [0.4, 0.5) is 0 Å². The van der Waals surface area contributed by atoms with Gasteiger partial charge in [-0.05, 0) is 18.4 Å². The second-order valence-corrected chi connectivity index (χ2v) is 4.61. The standard InChI is InChI=1S/C14H21NO/c1-3-14(4-2)11-16-10-13(15-14)12-8-6-5-7-9-12/h5-9,13,15H,3-4,10-11H2,1-2H3. The summed E-state index contributed by atoms with van der Waals surface area (Å²) in [4.78, 5) is 0. The Kier molecular flexibility index (Phi) is 3.62. The molecule has 1 aromatic carbocycles. The van der Waals surface area contributed by atoms with Gasteiger partial charge in [-0.15, -0.1) is 0 Å². The molecule has 1 saturated heterocycles. The van der Waals surface area contributed by atoms with Crippen molar-refractivity contribution in [2.75, 3.05) is 13.2 Å². The first-order valence-electron chi connectivity index (χ1n) is 6.20. The zero-order chi connectivity index (χ0) is 11.4. The molecule has 1 atom stereocenters. The summed E-state index contributed by atoms with van der Waals surface area (Å²) >= 11 is 0. The van der Waals surface area contributed by atoms with Crippen LogP contribution >= 0.6 is 0 Å². The van der Waals surface area contributed by atoms with Crippen molar-refractivity contribution in [2.45, 2.75) is 38.3 Å². The highest BCUT2D eigenvalue weighted by Gasteiger charge is 2.33. The Hall–Kier alpha value is -0.860. The van der Waals surface area contributed by atoms with Crippen LogP contribution < -0.4 is 5.32 Å². The molecule has 1 aliphatic heterocycles. The van der Waals surface area contributed by atoms with Crippen LogP contribution in [0.5, 0.6) is 0 Å². The van der Waals surface area contributed by atoms with Crippen molar-refractivity contribution in [3.05, 3.63) is 35.9 Å². The van der Waals surface area contributed by atoms with Gasteiger partial charge in [0, 0.05) is 5.54 Å². The average Bonchev–Trinajstić information content (AvgIpc) is 2.40. The second kappa shape index (κ2) is 4.98. The summed E-state index contributed by atoms with van der Waals surface area (Å²) in [6.45, 7) is 6.08. The van der Waals surface area contributed by atoms with E-state index in [1.54, 1.807) is 0 Å². The number of hydrogen-bond donors (Lipinski definition) is 1. The molecular weight excluding hydrogens is 198 g/mol. The van der Waals surface area contributed by atoms with Gasteiger partial charge in [-0.1, -0.05) is 44.2 Å². The smallest absolute Gasteiger partial charge is 0.0662 e. The van der Waals surface area contributed by atoms with Crippen molar-refractivity contribution in [1.29, 1.82) is 0 Å². The first-order valence-corrected chi connectivity index (χ1v) is 6.20. The molecule has 1 aromatic rings. The number of nitrogens with one attached hydrogen (secondary N) is 1. The molecule has 1 heterocycles. The van der Waals surface area contributed by atoms with E-state index in [0.29, 0.717) is 6.04 Å². The first-order chi connectivity index (χ1) is 7.79. The third-order valence-electron chi connectivity index (χ3n) is 3.70. The normalized spacial score (nSPS) is 24.2. The lowest BCUT2D eigenvalue weighted by Crippen LogP contribution is -2.54. The molecule has 2 heteroatoms. The fraction of sp³-hybridized carbons (Fsp3) is 0.571. The lowest BCUT2D eigenvalue weighted by molar-refractivity contribution is -0.00599. The van der Waals surface area contributed by atoms with E-state index in [-0.39, 0.29) is 5.54 Å². The first kappa shape index (κ1) is 11.6. The van der Waals surface area contributed by atoms with Crippen LogP contribution in [0.25, 0.3) is 0 Å². The minimum atomic E-state index is 0.165. The maximum absolute atomic E-state index is 5.77. The summed E-state index contributed by atoms with van der Waals surface area (Å²) in [6, 6.07) is 10.9. The van der Waals surface area contributed by atoms with Gasteiger partial charge in [-0.3, -0.25) is 0 Å². The molecule has 0 radical (unpaired) electrons. The number of morpholine rings is 1. The van der Waals surface area contributed by atoms with Crippen LogP contribution in [0, 0.1) is 0 Å². The van der Waals surface area contributed by atoms with Crippen molar-refractivity contribution < 1.29 is 4.74 Å². The van der Waals surface area contributed by atoms with E-state index in [1.165, 1.54) is 5.56 Å². The highest BCUT2D eigenvalue weighted by Crippen LogP contribution is 2.26. The predicted octanol–water partition coefficient (Wildman–Crippen LogP) is 2.91. The number of rotatable bonds is 3. The lowest BCUT2D eigenvalue weighted by Gasteiger charge is -2.41. The highest BCUT2D eigenvalue weighted by atomic mass is 16.5. The molecule has 1 aliphatic rings. The van der Waals surface area contributed by atoms with Crippen LogP contribution in [0.3, 0.4) is 0 Å². The van der Waals surface area contributed by atoms with E-state index in [9.17, 15) is 0 Å². The predicted molar refractivity (Wildman–Crippen MR) is 66.5 cm³/mol. The van der Waals surface area contributed by atoms with Gasteiger partial charge in [0.05, 0.1) is 19.3 Å². The molecule has 0 spiro atoms. The molecule has 1 fully saturated rings. The Labute approximate surface area is 98.0 Å². The fourth-order valence-corrected chi connectivity index (χ4v) is 2.35. The van der Waals surface area contributed by atoms with E-state index in [0.717, 1.165) is 26.1 Å². The van der Waals surface area contributed by atoms with Crippen molar-refractivity contribution in [3.8, 4) is 0 Å². The third-order valence-corrected chi connectivity index (χ3v) is 3.70. The topological polar surface area (TPSA) is 21.3 Å². The highest BCUT2D eigenvalue weighted by molar-refractivity contribution is 5.20. The molecule has 2 nitrogen and oxygen atoms in total. The van der Waals surface area contributed by atoms with Gasteiger partial charge in [0.2, 0.25) is 0 Å². The van der Waals surface area contributed by atoms with Crippen molar-refractivity contribution in [3.63, 3.8) is 0 Å². The maximum Gasteiger partial charge on any atom is 0.0662 e. The summed E-state index contributed by atoms with van der Waals surface area (Å²) in [6.07, 6.45) is 2.24. The van der Waals surface area contributed by atoms with E-state index in [1.807, 2.05) is 0 Å². The monoisotopic (exact) mass is 219 g/mol. The van der Waals surface area contributed by atoms with Gasteiger partial charge >= 0.3 is 0 Å². The third kappa shape index (κ3) is 2.28. The molecule has 88 valence electrons. The fourth-order valence-electron chi connectivity index (χ4n) is 2.35. The summed E-state index contributed by atoms with van der Waals surface area (Å²) in [5.74, 6) is 0. The van der Waals surface area contributed by atoms with Crippen LogP contribution in [-0.2, 0) is 4.74 Å². The van der Waals surface area contributed by atoms with Gasteiger partial charge < -0.3 is 10.1 Å². The van der Waals surface area contributed by atoms with Gasteiger partial charge in [-0.25, -0.2) is 0 Å². The Morgan fingerprint density at radius 1 is 1.25 bits per heavy atom. The number of benzene rings is 1. The second-order valence-electron chi connectivity index (χ2n) is 4.61. The Morgan fingerprint density at radius 3 is 2.56 bits per heavy atom. The van der Waals surface area contributed by atoms with Crippen LogP contribution in [0.15, 0.2) is 30.3 Å². The lowest BCUT2D eigenvalue weighted by atomic mass is 9.90. The number of ether oxygens (including phenoxy) is 1. The molecule has 0 aromatic heterocycles. The SMILES string of the molecule is CCC1(CC)COCC(c2ccccc2)N1. The van der Waals surface area contributed by atoms with Gasteiger partial charge in [0.1, 0.15) is 0 Å². The Balaban J connectivity index is 2.13. The van der Waals surface area contributed by atoms with Crippen molar-refractivity contribution in [2.24, 2.45) is 0 Å². The molecule has 1 N–H and O–H groups in total. The largest absolute Gasteiger partial charge is 0.378 e. The molecule has 0 saturated carbocycles. The van der Waals surface area contributed by atoms with Crippen molar-refractivity contribution >= 4 is 0 Å². The molecule has 2 rings (SSSR count). The minimum absolute atomic E-state index is 0.165. The average molecular weight is 219 g/mol. The minimum Gasteiger partial charge on any atom is -0.378 e.